The van der Waals surface area contributed by atoms with Gasteiger partial charge in [0.25, 0.3) is 0 Å². The van der Waals surface area contributed by atoms with E-state index >= 15 is 0 Å². The first kappa shape index (κ1) is 27.0. The molecule has 0 radical (unpaired) electrons. The van der Waals surface area contributed by atoms with E-state index in [0.29, 0.717) is 67.2 Å². The zero-order valence-corrected chi connectivity index (χ0v) is 22.4. The van der Waals surface area contributed by atoms with Crippen LogP contribution in [0.25, 0.3) is 0 Å². The molecule has 4 rings (SSSR count). The quantitative estimate of drug-likeness (QED) is 0.438. The third kappa shape index (κ3) is 6.46. The van der Waals surface area contributed by atoms with Crippen LogP contribution >= 0.6 is 12.2 Å². The topological polar surface area (TPSA) is 110 Å². The summed E-state index contributed by atoms with van der Waals surface area (Å²) >= 11 is 5.43. The van der Waals surface area contributed by atoms with Gasteiger partial charge in [-0.1, -0.05) is 18.2 Å². The average molecular weight is 543 g/mol. The number of aryl methyl sites for hydroxylation is 1. The molecule has 1 saturated heterocycles. The van der Waals surface area contributed by atoms with Gasteiger partial charge in [0.2, 0.25) is 5.91 Å². The third-order valence-corrected chi connectivity index (χ3v) is 6.41. The number of hydrogen-bond acceptors (Lipinski definition) is 6. The lowest BCUT2D eigenvalue weighted by Gasteiger charge is -2.35. The normalized spacial score (nSPS) is 14.2. The molecule has 202 valence electrons. The van der Waals surface area contributed by atoms with E-state index in [-0.39, 0.29) is 17.8 Å². The Kier molecular flexibility index (Phi) is 8.56. The van der Waals surface area contributed by atoms with Crippen molar-refractivity contribution in [1.82, 2.24) is 29.4 Å². The van der Waals surface area contributed by atoms with Gasteiger partial charge >= 0.3 is 6.09 Å². The fourth-order valence-corrected chi connectivity index (χ4v) is 4.31. The highest BCUT2D eigenvalue weighted by molar-refractivity contribution is 7.80. The summed E-state index contributed by atoms with van der Waals surface area (Å²) in [6.45, 7) is 7.72. The van der Waals surface area contributed by atoms with Crippen LogP contribution in [0.15, 0.2) is 42.7 Å². The lowest BCUT2D eigenvalue weighted by molar-refractivity contribution is -0.136. The molecule has 2 N–H and O–H groups in total. The Labute approximate surface area is 225 Å². The second-order valence-electron chi connectivity index (χ2n) is 8.86. The van der Waals surface area contributed by atoms with Crippen molar-refractivity contribution in [2.24, 2.45) is 0 Å². The molecule has 1 aromatic carbocycles. The molecule has 1 aliphatic heterocycles. The van der Waals surface area contributed by atoms with E-state index in [1.165, 1.54) is 6.07 Å². The molecule has 3 heterocycles. The van der Waals surface area contributed by atoms with Gasteiger partial charge in [0.05, 0.1) is 24.5 Å². The van der Waals surface area contributed by atoms with Crippen molar-refractivity contribution in [3.8, 4) is 0 Å². The summed E-state index contributed by atoms with van der Waals surface area (Å²) in [6, 6.07) is 7.77. The van der Waals surface area contributed by atoms with Crippen LogP contribution in [-0.4, -0.2) is 79.3 Å². The molecule has 3 aromatic rings. The lowest BCUT2D eigenvalue weighted by atomic mass is 10.2. The molecule has 38 heavy (non-hydrogen) atoms. The monoisotopic (exact) mass is 542 g/mol. The minimum atomic E-state index is -0.533. The molecule has 13 heteroatoms. The fourth-order valence-electron chi connectivity index (χ4n) is 4.09. The summed E-state index contributed by atoms with van der Waals surface area (Å²) in [5.41, 5.74) is 1.86. The van der Waals surface area contributed by atoms with Gasteiger partial charge in [0.1, 0.15) is 11.9 Å². The first-order valence-electron chi connectivity index (χ1n) is 12.4. The molecule has 0 spiro atoms. The van der Waals surface area contributed by atoms with Gasteiger partial charge in [0, 0.05) is 50.2 Å². The molecule has 2 aromatic heterocycles. The number of amides is 2. The molecule has 0 saturated carbocycles. The Bertz CT molecular complexity index is 1300. The lowest BCUT2D eigenvalue weighted by Crippen LogP contribution is -2.52. The van der Waals surface area contributed by atoms with E-state index < -0.39 is 6.04 Å². The van der Waals surface area contributed by atoms with Crippen LogP contribution in [0.2, 0.25) is 0 Å². The first-order chi connectivity index (χ1) is 18.2. The number of nitrogens with zero attached hydrogens (tertiary/aromatic N) is 6. The number of carbonyl (C=O) groups is 2. The molecule has 11 nitrogen and oxygen atoms in total. The maximum absolute atomic E-state index is 13.9. The third-order valence-electron chi connectivity index (χ3n) is 6.21. The molecule has 0 bridgehead atoms. The number of nitrogens with one attached hydrogen (secondary N) is 2. The van der Waals surface area contributed by atoms with Crippen molar-refractivity contribution in [1.29, 1.82) is 0 Å². The summed E-state index contributed by atoms with van der Waals surface area (Å²) in [7, 11) is 0. The second-order valence-corrected chi connectivity index (χ2v) is 9.27. The maximum Gasteiger partial charge on any atom is 0.409 e. The maximum atomic E-state index is 13.9. The number of ether oxygens (including phenoxy) is 1. The van der Waals surface area contributed by atoms with Crippen molar-refractivity contribution in [3.63, 3.8) is 0 Å². The van der Waals surface area contributed by atoms with E-state index in [0.717, 1.165) is 0 Å². The highest BCUT2D eigenvalue weighted by atomic mass is 32.1. The van der Waals surface area contributed by atoms with Gasteiger partial charge in [-0.15, -0.1) is 0 Å². The summed E-state index contributed by atoms with van der Waals surface area (Å²) in [5.74, 6) is 0.145. The second kappa shape index (κ2) is 12.0. The van der Waals surface area contributed by atoms with Crippen LogP contribution in [0, 0.1) is 12.7 Å². The fraction of sp³-hybridized carbons (Fsp3) is 0.400. The Morgan fingerprint density at radius 2 is 1.82 bits per heavy atom. The molecule has 1 unspecified atom stereocenters. The number of aromatic nitrogens is 4. The molecule has 1 fully saturated rings. The summed E-state index contributed by atoms with van der Waals surface area (Å²) < 4.78 is 22.2. The standard InChI is InChI=1S/C25H31FN8O3S/c1-4-37-25(36)32-13-11-31(12-14-32)23(35)18(3)34-16-21(17(2)29-34)27-24(38)28-22-9-10-33(30-22)15-19-7-5-6-8-20(19)26/h5-10,16,18H,4,11-15H2,1-3H3,(H2,27,28,30,38). The van der Waals surface area contributed by atoms with Crippen LogP contribution in [0.5, 0.6) is 0 Å². The molecule has 1 aliphatic rings. The zero-order valence-electron chi connectivity index (χ0n) is 21.6. The van der Waals surface area contributed by atoms with E-state index in [1.807, 2.05) is 6.92 Å². The number of carbonyl (C=O) groups excluding carboxylic acids is 2. The molecular weight excluding hydrogens is 511 g/mol. The van der Waals surface area contributed by atoms with Gasteiger partial charge in [-0.25, -0.2) is 9.18 Å². The summed E-state index contributed by atoms with van der Waals surface area (Å²) in [6.07, 6.45) is 3.12. The largest absolute Gasteiger partial charge is 0.450 e. The van der Waals surface area contributed by atoms with E-state index in [1.54, 1.807) is 69.7 Å². The van der Waals surface area contributed by atoms with Crippen molar-refractivity contribution in [2.75, 3.05) is 43.4 Å². The van der Waals surface area contributed by atoms with Crippen LogP contribution in [0.1, 0.15) is 31.1 Å². The molecule has 2 amide bonds. The Balaban J connectivity index is 1.31. The van der Waals surface area contributed by atoms with Gasteiger partial charge in [0.15, 0.2) is 10.9 Å². The SMILES string of the molecule is CCOC(=O)N1CCN(C(=O)C(C)n2cc(NC(=S)Nc3ccn(Cc4ccccc4F)n3)c(C)n2)CC1. The number of hydrogen-bond donors (Lipinski definition) is 2. The minimum Gasteiger partial charge on any atom is -0.450 e. The van der Waals surface area contributed by atoms with Crippen LogP contribution in [0.4, 0.5) is 20.7 Å². The van der Waals surface area contributed by atoms with Crippen molar-refractivity contribution >= 4 is 40.8 Å². The number of halogens is 1. The number of thiocarbonyl (C=S) groups is 1. The number of piperazine rings is 1. The first-order valence-corrected chi connectivity index (χ1v) is 12.8. The molecule has 0 aliphatic carbocycles. The average Bonchev–Trinajstić information content (AvgIpc) is 3.50. The van der Waals surface area contributed by atoms with Crippen LogP contribution < -0.4 is 10.6 Å². The van der Waals surface area contributed by atoms with Crippen LogP contribution in [0.3, 0.4) is 0 Å². The summed E-state index contributed by atoms with van der Waals surface area (Å²) in [4.78, 5) is 28.3. The molecule has 1 atom stereocenters. The van der Waals surface area contributed by atoms with E-state index in [2.05, 4.69) is 20.8 Å². The van der Waals surface area contributed by atoms with Gasteiger partial charge in [-0.3, -0.25) is 14.2 Å². The van der Waals surface area contributed by atoms with Crippen molar-refractivity contribution < 1.29 is 18.7 Å². The predicted octanol–water partition coefficient (Wildman–Crippen LogP) is 3.25. The minimum absolute atomic E-state index is 0.0800. The van der Waals surface area contributed by atoms with Gasteiger partial charge in [-0.2, -0.15) is 10.2 Å². The van der Waals surface area contributed by atoms with Gasteiger partial charge in [-0.05, 0) is 39.1 Å². The Morgan fingerprint density at radius 3 is 2.53 bits per heavy atom. The van der Waals surface area contributed by atoms with Crippen LogP contribution in [-0.2, 0) is 16.1 Å². The summed E-state index contributed by atoms with van der Waals surface area (Å²) in [5, 5.41) is 15.3. The van der Waals surface area contributed by atoms with E-state index in [9.17, 15) is 14.0 Å². The van der Waals surface area contributed by atoms with Crippen molar-refractivity contribution in [3.05, 3.63) is 59.8 Å². The predicted molar refractivity (Wildman–Crippen MR) is 144 cm³/mol. The Morgan fingerprint density at radius 1 is 1.11 bits per heavy atom. The number of anilines is 2. The number of benzene rings is 1. The van der Waals surface area contributed by atoms with Gasteiger partial charge < -0.3 is 25.2 Å². The zero-order chi connectivity index (χ0) is 27.2. The van der Waals surface area contributed by atoms with E-state index in [4.69, 9.17) is 17.0 Å². The highest BCUT2D eigenvalue weighted by Crippen LogP contribution is 2.19. The van der Waals surface area contributed by atoms with Crippen molar-refractivity contribution in [2.45, 2.75) is 33.4 Å². The highest BCUT2D eigenvalue weighted by Gasteiger charge is 2.29. The Hall–Kier alpha value is -4.00. The number of rotatable bonds is 7. The molecular formula is C25H31FN8O3S. The smallest absolute Gasteiger partial charge is 0.409 e.